The molecule has 0 aliphatic carbocycles. The highest BCUT2D eigenvalue weighted by Gasteiger charge is 2.15. The molecular weight excluding hydrogens is 418 g/mol. The Bertz CT molecular complexity index is 1070. The summed E-state index contributed by atoms with van der Waals surface area (Å²) >= 11 is 0. The normalized spacial score (nSPS) is 11.0. The zero-order valence-corrected chi connectivity index (χ0v) is 19.6. The van der Waals surface area contributed by atoms with E-state index in [0.29, 0.717) is 42.2 Å². The number of carbonyl (C=O) groups excluding carboxylic acids is 2. The van der Waals surface area contributed by atoms with Crippen LogP contribution < -0.4 is 15.4 Å². The van der Waals surface area contributed by atoms with Crippen molar-refractivity contribution in [2.24, 2.45) is 0 Å². The number of anilines is 2. The third kappa shape index (κ3) is 6.95. The number of furan rings is 1. The highest BCUT2D eigenvalue weighted by molar-refractivity contribution is 6.05. The molecule has 3 rings (SSSR count). The maximum atomic E-state index is 12.5. The average molecular weight is 450 g/mol. The fourth-order valence-corrected chi connectivity index (χ4v) is 3.41. The first-order chi connectivity index (χ1) is 15.9. The van der Waals surface area contributed by atoms with Gasteiger partial charge in [0.05, 0.1) is 19.3 Å². The number of carbonyl (C=O) groups is 2. The summed E-state index contributed by atoms with van der Waals surface area (Å²) in [5.74, 6) is 2.03. The molecule has 0 saturated carbocycles. The van der Waals surface area contributed by atoms with Crippen molar-refractivity contribution in [1.82, 2.24) is 4.90 Å². The minimum atomic E-state index is -0.252. The third-order valence-electron chi connectivity index (χ3n) is 5.30. The molecule has 0 atom stereocenters. The molecule has 1 aromatic heterocycles. The first-order valence-corrected chi connectivity index (χ1v) is 11.0. The number of methoxy groups -OCH3 is 1. The number of ether oxygens (including phenoxy) is 1. The molecule has 0 fully saturated rings. The van der Waals surface area contributed by atoms with Crippen LogP contribution in [0.5, 0.6) is 5.75 Å². The van der Waals surface area contributed by atoms with Crippen molar-refractivity contribution in [3.05, 3.63) is 77.7 Å². The largest absolute Gasteiger partial charge is 0.495 e. The third-order valence-corrected chi connectivity index (χ3v) is 5.30. The summed E-state index contributed by atoms with van der Waals surface area (Å²) in [5, 5.41) is 5.74. The summed E-state index contributed by atoms with van der Waals surface area (Å²) in [7, 11) is 1.56. The minimum absolute atomic E-state index is 0.0810. The van der Waals surface area contributed by atoms with Gasteiger partial charge in [-0.1, -0.05) is 12.1 Å². The number of para-hydroxylation sites is 2. The molecule has 0 aliphatic heterocycles. The summed E-state index contributed by atoms with van der Waals surface area (Å²) < 4.78 is 10.9. The molecule has 2 N–H and O–H groups in total. The van der Waals surface area contributed by atoms with Gasteiger partial charge in [0.25, 0.3) is 5.91 Å². The maximum absolute atomic E-state index is 12.5. The van der Waals surface area contributed by atoms with Crippen LogP contribution in [0.25, 0.3) is 0 Å². The van der Waals surface area contributed by atoms with E-state index in [1.54, 1.807) is 43.5 Å². The Hall–Kier alpha value is -3.58. The van der Waals surface area contributed by atoms with E-state index in [-0.39, 0.29) is 17.9 Å². The number of nitrogens with zero attached hydrogens (tertiary/aromatic N) is 1. The Labute approximate surface area is 194 Å². The number of hydrogen-bond acceptors (Lipinski definition) is 5. The Kier molecular flexibility index (Phi) is 8.27. The van der Waals surface area contributed by atoms with Crippen molar-refractivity contribution in [2.75, 3.05) is 24.3 Å². The molecule has 7 nitrogen and oxygen atoms in total. The van der Waals surface area contributed by atoms with E-state index in [1.807, 2.05) is 31.2 Å². The standard InChI is InChI=1S/C26H31N3O4/c1-18(2)29(17-22-14-9-19(3)33-22)16-15-25(30)27-21-12-10-20(11-13-21)26(31)28-23-7-5-6-8-24(23)32-4/h5-14,18H,15-17H2,1-4H3,(H,27,30)(H,28,31). The van der Waals surface area contributed by atoms with E-state index in [2.05, 4.69) is 29.4 Å². The topological polar surface area (TPSA) is 83.8 Å². The fourth-order valence-electron chi connectivity index (χ4n) is 3.41. The molecule has 0 aliphatic rings. The average Bonchev–Trinajstić information content (AvgIpc) is 3.21. The van der Waals surface area contributed by atoms with E-state index >= 15 is 0 Å². The minimum Gasteiger partial charge on any atom is -0.495 e. The summed E-state index contributed by atoms with van der Waals surface area (Å²) in [6.45, 7) is 7.40. The predicted molar refractivity (Wildman–Crippen MR) is 130 cm³/mol. The van der Waals surface area contributed by atoms with Crippen LogP contribution in [-0.2, 0) is 11.3 Å². The molecule has 7 heteroatoms. The van der Waals surface area contributed by atoms with Gasteiger partial charge in [0.15, 0.2) is 0 Å². The SMILES string of the molecule is COc1ccccc1NC(=O)c1ccc(NC(=O)CCN(Cc2ccc(C)o2)C(C)C)cc1. The second kappa shape index (κ2) is 11.3. The fraction of sp³-hybridized carbons (Fsp3) is 0.308. The van der Waals surface area contributed by atoms with Crippen molar-refractivity contribution in [1.29, 1.82) is 0 Å². The van der Waals surface area contributed by atoms with Gasteiger partial charge in [0.2, 0.25) is 5.91 Å². The second-order valence-electron chi connectivity index (χ2n) is 8.11. The second-order valence-corrected chi connectivity index (χ2v) is 8.11. The van der Waals surface area contributed by atoms with Crippen LogP contribution in [0.4, 0.5) is 11.4 Å². The Morgan fingerprint density at radius 3 is 2.36 bits per heavy atom. The molecule has 1 heterocycles. The highest BCUT2D eigenvalue weighted by atomic mass is 16.5. The monoisotopic (exact) mass is 449 g/mol. The lowest BCUT2D eigenvalue weighted by Crippen LogP contribution is -2.33. The molecule has 0 unspecified atom stereocenters. The zero-order chi connectivity index (χ0) is 23.8. The van der Waals surface area contributed by atoms with Gasteiger partial charge in [-0.05, 0) is 69.3 Å². The Morgan fingerprint density at radius 1 is 1.00 bits per heavy atom. The highest BCUT2D eigenvalue weighted by Crippen LogP contribution is 2.24. The predicted octanol–water partition coefficient (Wildman–Crippen LogP) is 5.09. The number of amides is 2. The molecule has 0 saturated heterocycles. The number of benzene rings is 2. The quantitative estimate of drug-likeness (QED) is 0.451. The van der Waals surface area contributed by atoms with Crippen LogP contribution in [0.1, 0.15) is 42.1 Å². The first-order valence-electron chi connectivity index (χ1n) is 11.0. The number of nitrogens with one attached hydrogen (secondary N) is 2. The van der Waals surface area contributed by atoms with Crippen LogP contribution in [0, 0.1) is 6.92 Å². The maximum Gasteiger partial charge on any atom is 0.255 e. The lowest BCUT2D eigenvalue weighted by molar-refractivity contribution is -0.116. The number of rotatable bonds is 10. The van der Waals surface area contributed by atoms with E-state index in [1.165, 1.54) is 0 Å². The van der Waals surface area contributed by atoms with Gasteiger partial charge >= 0.3 is 0 Å². The molecule has 0 bridgehead atoms. The van der Waals surface area contributed by atoms with Gasteiger partial charge in [0, 0.05) is 30.3 Å². The summed E-state index contributed by atoms with van der Waals surface area (Å²) in [6.07, 6.45) is 0.355. The van der Waals surface area contributed by atoms with Gasteiger partial charge in [-0.15, -0.1) is 0 Å². The molecule has 2 aromatic carbocycles. The van der Waals surface area contributed by atoms with Crippen LogP contribution in [0.3, 0.4) is 0 Å². The van der Waals surface area contributed by atoms with Crippen molar-refractivity contribution < 1.29 is 18.7 Å². The van der Waals surface area contributed by atoms with E-state index in [9.17, 15) is 9.59 Å². The summed E-state index contributed by atoms with van der Waals surface area (Å²) in [4.78, 5) is 27.2. The number of hydrogen-bond donors (Lipinski definition) is 2. The van der Waals surface area contributed by atoms with Gasteiger partial charge in [-0.2, -0.15) is 0 Å². The van der Waals surface area contributed by atoms with Gasteiger partial charge < -0.3 is 19.8 Å². The molecule has 3 aromatic rings. The molecule has 174 valence electrons. The summed E-state index contributed by atoms with van der Waals surface area (Å²) in [5.41, 5.74) is 1.73. The van der Waals surface area contributed by atoms with Gasteiger partial charge in [0.1, 0.15) is 17.3 Å². The van der Waals surface area contributed by atoms with E-state index in [0.717, 1.165) is 11.5 Å². The Morgan fingerprint density at radius 2 is 1.73 bits per heavy atom. The smallest absolute Gasteiger partial charge is 0.255 e. The molecule has 0 radical (unpaired) electrons. The zero-order valence-electron chi connectivity index (χ0n) is 19.6. The Balaban J connectivity index is 1.52. The lowest BCUT2D eigenvalue weighted by Gasteiger charge is -2.25. The molecular formula is C26H31N3O4. The van der Waals surface area contributed by atoms with Crippen LogP contribution in [-0.4, -0.2) is 36.4 Å². The first kappa shape index (κ1) is 24.1. The molecule has 33 heavy (non-hydrogen) atoms. The molecule has 0 spiro atoms. The van der Waals surface area contributed by atoms with Crippen molar-refractivity contribution in [3.63, 3.8) is 0 Å². The van der Waals surface area contributed by atoms with Crippen molar-refractivity contribution in [2.45, 2.75) is 39.8 Å². The number of aryl methyl sites for hydroxylation is 1. The summed E-state index contributed by atoms with van der Waals surface area (Å²) in [6, 6.07) is 18.2. The van der Waals surface area contributed by atoms with Crippen LogP contribution >= 0.6 is 0 Å². The van der Waals surface area contributed by atoms with Crippen molar-refractivity contribution in [3.8, 4) is 5.75 Å². The van der Waals surface area contributed by atoms with Gasteiger partial charge in [-0.25, -0.2) is 0 Å². The van der Waals surface area contributed by atoms with E-state index < -0.39 is 0 Å². The van der Waals surface area contributed by atoms with Gasteiger partial charge in [-0.3, -0.25) is 14.5 Å². The lowest BCUT2D eigenvalue weighted by atomic mass is 10.1. The van der Waals surface area contributed by atoms with Crippen LogP contribution in [0.15, 0.2) is 65.1 Å². The van der Waals surface area contributed by atoms with Crippen LogP contribution in [0.2, 0.25) is 0 Å². The van der Waals surface area contributed by atoms with E-state index in [4.69, 9.17) is 9.15 Å². The van der Waals surface area contributed by atoms with Crippen molar-refractivity contribution >= 4 is 23.2 Å². The molecule has 2 amide bonds.